The highest BCUT2D eigenvalue weighted by atomic mass is 16.5. The highest BCUT2D eigenvalue weighted by Crippen LogP contribution is 2.21. The van der Waals surface area contributed by atoms with Crippen molar-refractivity contribution in [3.05, 3.63) is 29.3 Å². The topological polar surface area (TPSA) is 55.4 Å². The van der Waals surface area contributed by atoms with Crippen LogP contribution >= 0.6 is 0 Å². The van der Waals surface area contributed by atoms with Crippen LogP contribution in [-0.4, -0.2) is 18.4 Å². The molecule has 1 rings (SSSR count). The molecule has 0 unspecified atom stereocenters. The van der Waals surface area contributed by atoms with Crippen molar-refractivity contribution < 1.29 is 14.3 Å². The van der Waals surface area contributed by atoms with Crippen LogP contribution in [0.1, 0.15) is 63.4 Å². The lowest BCUT2D eigenvalue weighted by molar-refractivity contribution is -0.131. The van der Waals surface area contributed by atoms with Gasteiger partial charge in [-0.15, -0.1) is 0 Å². The van der Waals surface area contributed by atoms with Gasteiger partial charge in [0.1, 0.15) is 5.75 Å². The van der Waals surface area contributed by atoms with Gasteiger partial charge in [0, 0.05) is 24.4 Å². The Balaban J connectivity index is 3.07. The van der Waals surface area contributed by atoms with E-state index in [9.17, 15) is 9.59 Å². The molecule has 1 aromatic carbocycles. The average Bonchev–Trinajstić information content (AvgIpc) is 2.44. The second kappa shape index (κ2) is 8.38. The summed E-state index contributed by atoms with van der Waals surface area (Å²) in [5.74, 6) is 5.82. The molecule has 1 N–H and O–H groups in total. The average molecular weight is 315 g/mol. The largest absolute Gasteiger partial charge is 0.425 e. The number of rotatable bonds is 5. The van der Waals surface area contributed by atoms with Crippen LogP contribution in [0.15, 0.2) is 18.2 Å². The van der Waals surface area contributed by atoms with Crippen molar-refractivity contribution in [2.45, 2.75) is 47.5 Å². The molecule has 4 nitrogen and oxygen atoms in total. The van der Waals surface area contributed by atoms with Crippen LogP contribution in [-0.2, 0) is 4.79 Å². The molecule has 0 aliphatic rings. The van der Waals surface area contributed by atoms with Gasteiger partial charge in [0.15, 0.2) is 0 Å². The highest BCUT2D eigenvalue weighted by molar-refractivity contribution is 5.95. The molecule has 0 aliphatic carbocycles. The molecular weight excluding hydrogens is 290 g/mol. The quantitative estimate of drug-likeness (QED) is 0.391. The molecule has 0 radical (unpaired) electrons. The second-order valence-electron chi connectivity index (χ2n) is 6.41. The zero-order valence-electron chi connectivity index (χ0n) is 14.6. The van der Waals surface area contributed by atoms with E-state index in [1.165, 1.54) is 6.92 Å². The summed E-state index contributed by atoms with van der Waals surface area (Å²) in [6.45, 7) is 10.0. The molecule has 1 amide bonds. The number of hydrogen-bond donors (Lipinski definition) is 1. The molecule has 0 saturated heterocycles. The normalized spacial score (nSPS) is 10.5. The summed E-state index contributed by atoms with van der Waals surface area (Å²) < 4.78 is 5.21. The first kappa shape index (κ1) is 18.8. The van der Waals surface area contributed by atoms with Crippen molar-refractivity contribution >= 4 is 11.9 Å². The third-order valence-corrected chi connectivity index (χ3v) is 2.89. The van der Waals surface area contributed by atoms with E-state index in [0.717, 1.165) is 12.8 Å². The highest BCUT2D eigenvalue weighted by Gasteiger charge is 2.12. The van der Waals surface area contributed by atoms with Gasteiger partial charge in [-0.1, -0.05) is 25.2 Å². The Labute approximate surface area is 138 Å². The van der Waals surface area contributed by atoms with Crippen LogP contribution in [0.25, 0.3) is 0 Å². The van der Waals surface area contributed by atoms with Gasteiger partial charge < -0.3 is 10.1 Å². The minimum absolute atomic E-state index is 0.163. The maximum absolute atomic E-state index is 12.1. The molecule has 0 aromatic heterocycles. The van der Waals surface area contributed by atoms with Crippen LogP contribution in [0, 0.1) is 17.3 Å². The Kier molecular flexibility index (Phi) is 6.84. The van der Waals surface area contributed by atoms with E-state index in [1.54, 1.807) is 18.2 Å². The minimum atomic E-state index is -0.438. The Morgan fingerprint density at radius 2 is 1.96 bits per heavy atom. The van der Waals surface area contributed by atoms with Crippen LogP contribution in [0.5, 0.6) is 5.75 Å². The SMILES string of the molecule is CCCCNC(=O)c1ccc(C#CC(C)(C)C)c(OC(C)=O)c1. The van der Waals surface area contributed by atoms with E-state index in [1.807, 2.05) is 20.8 Å². The number of esters is 1. The summed E-state index contributed by atoms with van der Waals surface area (Å²) in [6.07, 6.45) is 1.94. The Bertz CT molecular complexity index is 630. The number of amides is 1. The van der Waals surface area contributed by atoms with Gasteiger partial charge in [-0.25, -0.2) is 0 Å². The third-order valence-electron chi connectivity index (χ3n) is 2.89. The fourth-order valence-corrected chi connectivity index (χ4v) is 1.74. The van der Waals surface area contributed by atoms with Crippen molar-refractivity contribution in [3.8, 4) is 17.6 Å². The lowest BCUT2D eigenvalue weighted by Gasteiger charge is -2.10. The van der Waals surface area contributed by atoms with E-state index in [4.69, 9.17) is 4.74 Å². The number of benzene rings is 1. The molecule has 0 bridgehead atoms. The first-order valence-corrected chi connectivity index (χ1v) is 7.87. The van der Waals surface area contributed by atoms with E-state index >= 15 is 0 Å². The summed E-state index contributed by atoms with van der Waals surface area (Å²) in [5, 5.41) is 2.84. The van der Waals surface area contributed by atoms with Crippen LogP contribution in [0.3, 0.4) is 0 Å². The standard InChI is InChI=1S/C19H25NO3/c1-6-7-12-20-18(22)16-9-8-15(10-11-19(3,4)5)17(13-16)23-14(2)21/h8-9,13H,6-7,12H2,1-5H3,(H,20,22). The summed E-state index contributed by atoms with van der Waals surface area (Å²) in [6, 6.07) is 4.97. The zero-order valence-corrected chi connectivity index (χ0v) is 14.6. The van der Waals surface area contributed by atoms with Gasteiger partial charge >= 0.3 is 5.97 Å². The summed E-state index contributed by atoms with van der Waals surface area (Å²) >= 11 is 0. The second-order valence-corrected chi connectivity index (χ2v) is 6.41. The molecule has 0 spiro atoms. The number of hydrogen-bond acceptors (Lipinski definition) is 3. The van der Waals surface area contributed by atoms with Gasteiger partial charge in [0.2, 0.25) is 0 Å². The van der Waals surface area contributed by atoms with E-state index in [-0.39, 0.29) is 11.3 Å². The minimum Gasteiger partial charge on any atom is -0.425 e. The molecular formula is C19H25NO3. The fourth-order valence-electron chi connectivity index (χ4n) is 1.74. The number of nitrogens with one attached hydrogen (secondary N) is 1. The lowest BCUT2D eigenvalue weighted by atomic mass is 9.97. The van der Waals surface area contributed by atoms with Crippen molar-refractivity contribution in [1.29, 1.82) is 0 Å². The van der Waals surface area contributed by atoms with Crippen molar-refractivity contribution in [2.75, 3.05) is 6.54 Å². The molecule has 0 heterocycles. The molecule has 0 fully saturated rings. The molecule has 124 valence electrons. The maximum atomic E-state index is 12.1. The summed E-state index contributed by atoms with van der Waals surface area (Å²) in [4.78, 5) is 23.4. The fraction of sp³-hybridized carbons (Fsp3) is 0.474. The lowest BCUT2D eigenvalue weighted by Crippen LogP contribution is -2.24. The van der Waals surface area contributed by atoms with Gasteiger partial charge in [-0.3, -0.25) is 9.59 Å². The monoisotopic (exact) mass is 315 g/mol. The van der Waals surface area contributed by atoms with E-state index in [0.29, 0.717) is 23.4 Å². The first-order chi connectivity index (χ1) is 10.7. The van der Waals surface area contributed by atoms with Crippen LogP contribution in [0.4, 0.5) is 0 Å². The van der Waals surface area contributed by atoms with E-state index in [2.05, 4.69) is 24.1 Å². The number of carbonyl (C=O) groups is 2. The molecule has 0 saturated carbocycles. The van der Waals surface area contributed by atoms with Gasteiger partial charge in [-0.2, -0.15) is 0 Å². The Hall–Kier alpha value is -2.28. The maximum Gasteiger partial charge on any atom is 0.308 e. The Morgan fingerprint density at radius 3 is 2.52 bits per heavy atom. The van der Waals surface area contributed by atoms with Crippen LogP contribution < -0.4 is 10.1 Å². The van der Waals surface area contributed by atoms with Crippen molar-refractivity contribution in [3.63, 3.8) is 0 Å². The number of carbonyl (C=O) groups excluding carboxylic acids is 2. The molecule has 0 aliphatic heterocycles. The summed E-state index contributed by atoms with van der Waals surface area (Å²) in [5.41, 5.74) is 0.892. The predicted molar refractivity (Wildman–Crippen MR) is 91.3 cm³/mol. The van der Waals surface area contributed by atoms with Gasteiger partial charge in [0.05, 0.1) is 5.56 Å². The predicted octanol–water partition coefficient (Wildman–Crippen LogP) is 3.54. The third kappa shape index (κ3) is 7.01. The molecule has 4 heteroatoms. The summed E-state index contributed by atoms with van der Waals surface area (Å²) in [7, 11) is 0. The molecule has 0 atom stereocenters. The van der Waals surface area contributed by atoms with E-state index < -0.39 is 5.97 Å². The number of ether oxygens (including phenoxy) is 1. The van der Waals surface area contributed by atoms with Gasteiger partial charge in [-0.05, 0) is 45.4 Å². The molecule has 23 heavy (non-hydrogen) atoms. The smallest absolute Gasteiger partial charge is 0.308 e. The number of unbranched alkanes of at least 4 members (excludes halogenated alkanes) is 1. The zero-order chi connectivity index (χ0) is 17.5. The first-order valence-electron chi connectivity index (χ1n) is 7.87. The van der Waals surface area contributed by atoms with Gasteiger partial charge in [0.25, 0.3) is 5.91 Å². The van der Waals surface area contributed by atoms with Crippen molar-refractivity contribution in [1.82, 2.24) is 5.32 Å². The Morgan fingerprint density at radius 1 is 1.26 bits per heavy atom. The van der Waals surface area contributed by atoms with Crippen molar-refractivity contribution in [2.24, 2.45) is 5.41 Å². The van der Waals surface area contributed by atoms with Crippen LogP contribution in [0.2, 0.25) is 0 Å². The molecule has 1 aromatic rings.